The summed E-state index contributed by atoms with van der Waals surface area (Å²) >= 11 is 7.28. The first-order valence-electron chi connectivity index (χ1n) is 5.96. The van der Waals surface area contributed by atoms with E-state index < -0.39 is 10.0 Å². The molecule has 0 aliphatic carbocycles. The number of nitrogens with one attached hydrogen (secondary N) is 2. The number of sulfonamides is 1. The van der Waals surface area contributed by atoms with Gasteiger partial charge in [0, 0.05) is 11.4 Å². The zero-order valence-corrected chi connectivity index (χ0v) is 12.8. The van der Waals surface area contributed by atoms with E-state index in [2.05, 4.69) is 10.0 Å². The van der Waals surface area contributed by atoms with E-state index in [-0.39, 0.29) is 5.75 Å². The van der Waals surface area contributed by atoms with Crippen LogP contribution in [0.15, 0.2) is 12.1 Å². The van der Waals surface area contributed by atoms with Crippen LogP contribution in [0, 0.1) is 0 Å². The average Bonchev–Trinajstić information content (AvgIpc) is 2.70. The fourth-order valence-electron chi connectivity index (χ4n) is 1.45. The van der Waals surface area contributed by atoms with E-state index in [0.717, 1.165) is 22.3 Å². The van der Waals surface area contributed by atoms with Crippen molar-refractivity contribution in [3.63, 3.8) is 0 Å². The molecule has 2 N–H and O–H groups in total. The molecule has 0 aliphatic rings. The highest BCUT2D eigenvalue weighted by Gasteiger charge is 2.09. The van der Waals surface area contributed by atoms with Crippen LogP contribution in [0.25, 0.3) is 0 Å². The number of hydrogen-bond donors (Lipinski definition) is 2. The Morgan fingerprint density at radius 2 is 2.11 bits per heavy atom. The summed E-state index contributed by atoms with van der Waals surface area (Å²) < 4.78 is 26.6. The molecule has 0 fully saturated rings. The van der Waals surface area contributed by atoms with E-state index in [1.165, 1.54) is 11.3 Å². The van der Waals surface area contributed by atoms with Crippen LogP contribution in [0.1, 0.15) is 18.2 Å². The van der Waals surface area contributed by atoms with Crippen molar-refractivity contribution >= 4 is 33.0 Å². The smallest absolute Gasteiger partial charge is 0.211 e. The lowest BCUT2D eigenvalue weighted by Gasteiger charge is -2.06. The van der Waals surface area contributed by atoms with E-state index >= 15 is 0 Å². The van der Waals surface area contributed by atoms with Crippen molar-refractivity contribution in [3.05, 3.63) is 21.3 Å². The van der Waals surface area contributed by atoms with Crippen molar-refractivity contribution in [1.82, 2.24) is 10.0 Å². The fourth-order valence-corrected chi connectivity index (χ4v) is 3.62. The maximum atomic E-state index is 11.6. The predicted octanol–water partition coefficient (Wildman–Crippen LogP) is 1.86. The van der Waals surface area contributed by atoms with E-state index in [4.69, 9.17) is 11.6 Å². The standard InChI is InChI=1S/C11H19ClN2O2S2/c1-2-13-7-3-9-18(15,16)14-8-6-10-4-5-11(12)17-10/h4-5,13-14H,2-3,6-9H2,1H3. The second-order valence-corrected chi connectivity index (χ2v) is 7.60. The van der Waals surface area contributed by atoms with Crippen molar-refractivity contribution in [2.45, 2.75) is 19.8 Å². The largest absolute Gasteiger partial charge is 0.317 e. The van der Waals surface area contributed by atoms with Crippen molar-refractivity contribution < 1.29 is 8.42 Å². The zero-order chi connectivity index (χ0) is 13.4. The molecule has 0 saturated carbocycles. The normalized spacial score (nSPS) is 11.9. The van der Waals surface area contributed by atoms with Crippen LogP contribution >= 0.6 is 22.9 Å². The Bertz CT molecular complexity index is 446. The van der Waals surface area contributed by atoms with Crippen LogP contribution in [-0.2, 0) is 16.4 Å². The summed E-state index contributed by atoms with van der Waals surface area (Å²) in [6.07, 6.45) is 1.32. The monoisotopic (exact) mass is 310 g/mol. The summed E-state index contributed by atoms with van der Waals surface area (Å²) in [6, 6.07) is 3.75. The van der Waals surface area contributed by atoms with Gasteiger partial charge in [0.05, 0.1) is 10.1 Å². The molecule has 0 amide bonds. The van der Waals surface area contributed by atoms with Gasteiger partial charge in [-0.25, -0.2) is 13.1 Å². The second kappa shape index (κ2) is 8.12. The predicted molar refractivity (Wildman–Crippen MR) is 78.0 cm³/mol. The molecule has 1 rings (SSSR count). The molecular formula is C11H19ClN2O2S2. The molecule has 1 aromatic rings. The highest BCUT2D eigenvalue weighted by molar-refractivity contribution is 7.89. The fraction of sp³-hybridized carbons (Fsp3) is 0.636. The molecule has 0 spiro atoms. The van der Waals surface area contributed by atoms with Gasteiger partial charge < -0.3 is 5.32 Å². The Morgan fingerprint density at radius 3 is 2.72 bits per heavy atom. The lowest BCUT2D eigenvalue weighted by Crippen LogP contribution is -2.29. The summed E-state index contributed by atoms with van der Waals surface area (Å²) in [5, 5.41) is 3.10. The number of hydrogen-bond acceptors (Lipinski definition) is 4. The molecule has 0 atom stereocenters. The molecule has 0 aromatic carbocycles. The van der Waals surface area contributed by atoms with Gasteiger partial charge in [-0.05, 0) is 38.1 Å². The molecule has 0 aliphatic heterocycles. The number of halogens is 1. The first-order valence-corrected chi connectivity index (χ1v) is 8.80. The Balaban J connectivity index is 2.20. The van der Waals surface area contributed by atoms with Gasteiger partial charge in [-0.3, -0.25) is 0 Å². The van der Waals surface area contributed by atoms with Gasteiger partial charge in [-0.1, -0.05) is 18.5 Å². The average molecular weight is 311 g/mol. The van der Waals surface area contributed by atoms with Gasteiger partial charge in [0.15, 0.2) is 0 Å². The third kappa shape index (κ3) is 6.70. The third-order valence-electron chi connectivity index (χ3n) is 2.34. The topological polar surface area (TPSA) is 58.2 Å². The van der Waals surface area contributed by atoms with Crippen LogP contribution in [0.4, 0.5) is 0 Å². The van der Waals surface area contributed by atoms with Gasteiger partial charge in [0.25, 0.3) is 0 Å². The van der Waals surface area contributed by atoms with E-state index in [1.54, 1.807) is 0 Å². The summed E-state index contributed by atoms with van der Waals surface area (Å²) in [5.74, 6) is 0.172. The molecule has 18 heavy (non-hydrogen) atoms. The van der Waals surface area contributed by atoms with Gasteiger partial charge >= 0.3 is 0 Å². The zero-order valence-electron chi connectivity index (χ0n) is 10.4. The van der Waals surface area contributed by atoms with Crippen molar-refractivity contribution in [3.8, 4) is 0 Å². The van der Waals surface area contributed by atoms with Crippen LogP contribution in [0.5, 0.6) is 0 Å². The van der Waals surface area contributed by atoms with Crippen molar-refractivity contribution in [2.75, 3.05) is 25.4 Å². The highest BCUT2D eigenvalue weighted by Crippen LogP contribution is 2.21. The maximum Gasteiger partial charge on any atom is 0.211 e. The molecule has 7 heteroatoms. The minimum atomic E-state index is -3.14. The SMILES string of the molecule is CCNCCCS(=O)(=O)NCCc1ccc(Cl)s1. The number of rotatable bonds is 9. The first kappa shape index (κ1) is 15.9. The van der Waals surface area contributed by atoms with Crippen LogP contribution in [-0.4, -0.2) is 33.8 Å². The van der Waals surface area contributed by atoms with E-state index in [9.17, 15) is 8.42 Å². The molecule has 0 saturated heterocycles. The van der Waals surface area contributed by atoms with Gasteiger partial charge in [-0.2, -0.15) is 0 Å². The Morgan fingerprint density at radius 1 is 1.33 bits per heavy atom. The molecule has 4 nitrogen and oxygen atoms in total. The Kier molecular flexibility index (Phi) is 7.18. The molecule has 0 radical (unpaired) electrons. The van der Waals surface area contributed by atoms with Gasteiger partial charge in [0.1, 0.15) is 0 Å². The summed E-state index contributed by atoms with van der Waals surface area (Å²) in [6.45, 7) is 4.03. The van der Waals surface area contributed by atoms with Crippen LogP contribution in [0.3, 0.4) is 0 Å². The second-order valence-electron chi connectivity index (χ2n) is 3.88. The third-order valence-corrected chi connectivity index (χ3v) is 5.10. The van der Waals surface area contributed by atoms with Gasteiger partial charge in [-0.15, -0.1) is 11.3 Å². The Labute approximate surface area is 118 Å². The van der Waals surface area contributed by atoms with Crippen LogP contribution in [0.2, 0.25) is 4.34 Å². The summed E-state index contributed by atoms with van der Waals surface area (Å²) in [7, 11) is -3.14. The molecule has 0 bridgehead atoms. The lowest BCUT2D eigenvalue weighted by molar-refractivity contribution is 0.576. The number of thiophene rings is 1. The summed E-state index contributed by atoms with van der Waals surface area (Å²) in [4.78, 5) is 1.09. The molecule has 1 heterocycles. The molecule has 104 valence electrons. The van der Waals surface area contributed by atoms with Crippen molar-refractivity contribution in [1.29, 1.82) is 0 Å². The van der Waals surface area contributed by atoms with Crippen molar-refractivity contribution in [2.24, 2.45) is 0 Å². The first-order chi connectivity index (χ1) is 8.53. The maximum absolute atomic E-state index is 11.6. The van der Waals surface area contributed by atoms with E-state index in [0.29, 0.717) is 19.4 Å². The summed E-state index contributed by atoms with van der Waals surface area (Å²) in [5.41, 5.74) is 0. The Hall–Kier alpha value is -0.140. The molecular weight excluding hydrogens is 292 g/mol. The van der Waals surface area contributed by atoms with E-state index in [1.807, 2.05) is 19.1 Å². The van der Waals surface area contributed by atoms with Gasteiger partial charge in [0.2, 0.25) is 10.0 Å². The molecule has 0 unspecified atom stereocenters. The molecule has 1 aromatic heterocycles. The minimum Gasteiger partial charge on any atom is -0.317 e. The lowest BCUT2D eigenvalue weighted by atomic mass is 10.3. The minimum absolute atomic E-state index is 0.172. The highest BCUT2D eigenvalue weighted by atomic mass is 35.5. The quantitative estimate of drug-likeness (QED) is 0.685. The van der Waals surface area contributed by atoms with Crippen LogP contribution < -0.4 is 10.0 Å².